The molecule has 0 heterocycles. The first-order valence-corrected chi connectivity index (χ1v) is 19.9. The molecule has 9 rings (SSSR count). The Kier molecular flexibility index (Phi) is 10.4. The van der Waals surface area contributed by atoms with Gasteiger partial charge in [-0.05, 0) is 97.1 Å². The van der Waals surface area contributed by atoms with Crippen molar-refractivity contribution in [2.75, 3.05) is 4.90 Å². The summed E-state index contributed by atoms with van der Waals surface area (Å²) in [4.78, 5) is 1.71. The van der Waals surface area contributed by atoms with Crippen LogP contribution in [0.15, 0.2) is 237 Å². The predicted molar refractivity (Wildman–Crippen MR) is 248 cm³/mol. The van der Waals surface area contributed by atoms with Gasteiger partial charge in [-0.1, -0.05) is 206 Å². The highest BCUT2D eigenvalue weighted by Crippen LogP contribution is 2.50. The third kappa shape index (κ3) is 7.53. The molecule has 3 heteroatoms. The molecule has 0 bridgehead atoms. The molecule has 9 aromatic rings. The summed E-state index contributed by atoms with van der Waals surface area (Å²) in [5.41, 5.74) is 15.8. The van der Waals surface area contributed by atoms with E-state index in [9.17, 15) is 10.8 Å². The minimum atomic E-state index is 0.228. The topological polar surface area (TPSA) is 50.9 Å². The SMILES string of the molecule is N=C(c1ccccc1)N(C(=N)c1cccc(-c2cccc(-c3cc(-c4ccccc4)c(-c4ccccc4)c(-c4ccccc4)c3-c3ccccc3)c2)c1)c1ccccc1. The Labute approximate surface area is 346 Å². The highest BCUT2D eigenvalue weighted by molar-refractivity contribution is 6.27. The van der Waals surface area contributed by atoms with Gasteiger partial charge in [0.2, 0.25) is 0 Å². The largest absolute Gasteiger partial charge is 0.284 e. The third-order valence-corrected chi connectivity index (χ3v) is 10.8. The lowest BCUT2D eigenvalue weighted by Crippen LogP contribution is -2.37. The van der Waals surface area contributed by atoms with Crippen molar-refractivity contribution >= 4 is 17.4 Å². The first-order valence-electron chi connectivity index (χ1n) is 19.9. The van der Waals surface area contributed by atoms with Crippen LogP contribution in [0.25, 0.3) is 66.8 Å². The maximum absolute atomic E-state index is 9.55. The molecule has 0 saturated carbocycles. The molecule has 0 atom stereocenters. The van der Waals surface area contributed by atoms with Crippen LogP contribution in [0.1, 0.15) is 11.1 Å². The fourth-order valence-electron chi connectivity index (χ4n) is 7.97. The van der Waals surface area contributed by atoms with Crippen LogP contribution in [0.4, 0.5) is 5.69 Å². The summed E-state index contributed by atoms with van der Waals surface area (Å²) in [5, 5.41) is 18.8. The van der Waals surface area contributed by atoms with Crippen LogP contribution in [0.2, 0.25) is 0 Å². The Morgan fingerprint density at radius 1 is 0.271 bits per heavy atom. The number of para-hydroxylation sites is 1. The Bertz CT molecular complexity index is 2870. The molecule has 0 aliphatic rings. The molecule has 0 saturated heterocycles. The Hall–Kier alpha value is -7.88. The minimum Gasteiger partial charge on any atom is -0.284 e. The number of hydrogen-bond donors (Lipinski definition) is 2. The Balaban J connectivity index is 1.23. The number of anilines is 1. The Morgan fingerprint density at radius 3 is 1.17 bits per heavy atom. The van der Waals surface area contributed by atoms with Crippen molar-refractivity contribution in [1.29, 1.82) is 10.8 Å². The lowest BCUT2D eigenvalue weighted by Gasteiger charge is -2.26. The average Bonchev–Trinajstić information content (AvgIpc) is 3.32. The zero-order chi connectivity index (χ0) is 40.0. The molecule has 0 fully saturated rings. The fraction of sp³-hybridized carbons (Fsp3) is 0. The van der Waals surface area contributed by atoms with Crippen LogP contribution in [-0.4, -0.2) is 11.7 Å². The molecule has 0 amide bonds. The van der Waals surface area contributed by atoms with E-state index in [0.717, 1.165) is 61.3 Å². The molecule has 0 spiro atoms. The van der Waals surface area contributed by atoms with Gasteiger partial charge in [-0.2, -0.15) is 0 Å². The summed E-state index contributed by atoms with van der Waals surface area (Å²) >= 11 is 0. The van der Waals surface area contributed by atoms with Crippen LogP contribution < -0.4 is 4.90 Å². The summed E-state index contributed by atoms with van der Waals surface area (Å²) in [6.07, 6.45) is 0. The lowest BCUT2D eigenvalue weighted by atomic mass is 9.78. The van der Waals surface area contributed by atoms with E-state index in [-0.39, 0.29) is 11.7 Å². The molecule has 0 aromatic heterocycles. The van der Waals surface area contributed by atoms with Crippen molar-refractivity contribution in [2.24, 2.45) is 0 Å². The van der Waals surface area contributed by atoms with Gasteiger partial charge in [-0.3, -0.25) is 15.7 Å². The van der Waals surface area contributed by atoms with E-state index in [4.69, 9.17) is 0 Å². The smallest absolute Gasteiger partial charge is 0.138 e. The van der Waals surface area contributed by atoms with E-state index < -0.39 is 0 Å². The molecule has 0 unspecified atom stereocenters. The van der Waals surface area contributed by atoms with Crippen molar-refractivity contribution in [3.8, 4) is 66.8 Å². The van der Waals surface area contributed by atoms with Crippen LogP contribution >= 0.6 is 0 Å². The second-order valence-electron chi connectivity index (χ2n) is 14.5. The van der Waals surface area contributed by atoms with E-state index in [1.807, 2.05) is 72.8 Å². The summed E-state index contributed by atoms with van der Waals surface area (Å²) in [6.45, 7) is 0. The predicted octanol–water partition coefficient (Wildman–Crippen LogP) is 14.5. The van der Waals surface area contributed by atoms with E-state index in [1.165, 1.54) is 16.7 Å². The summed E-state index contributed by atoms with van der Waals surface area (Å²) in [5.74, 6) is 0.468. The molecule has 0 aliphatic carbocycles. The van der Waals surface area contributed by atoms with E-state index in [1.54, 1.807) is 4.90 Å². The first kappa shape index (κ1) is 36.7. The molecule has 2 N–H and O–H groups in total. The van der Waals surface area contributed by atoms with Crippen molar-refractivity contribution in [3.05, 3.63) is 248 Å². The number of rotatable bonds is 9. The zero-order valence-corrected chi connectivity index (χ0v) is 32.5. The molecular weight excluding hydrogens is 715 g/mol. The average molecular weight is 756 g/mol. The van der Waals surface area contributed by atoms with Gasteiger partial charge in [-0.15, -0.1) is 0 Å². The van der Waals surface area contributed by atoms with E-state index in [2.05, 4.69) is 164 Å². The van der Waals surface area contributed by atoms with Gasteiger partial charge < -0.3 is 0 Å². The minimum absolute atomic E-state index is 0.228. The second-order valence-corrected chi connectivity index (χ2v) is 14.5. The summed E-state index contributed by atoms with van der Waals surface area (Å²) < 4.78 is 0. The molecule has 59 heavy (non-hydrogen) atoms. The maximum atomic E-state index is 9.55. The number of nitrogens with one attached hydrogen (secondary N) is 2. The van der Waals surface area contributed by atoms with E-state index in [0.29, 0.717) is 5.56 Å². The van der Waals surface area contributed by atoms with Crippen LogP contribution in [0.5, 0.6) is 0 Å². The number of amidine groups is 2. The highest BCUT2D eigenvalue weighted by atomic mass is 15.2. The maximum Gasteiger partial charge on any atom is 0.138 e. The highest BCUT2D eigenvalue weighted by Gasteiger charge is 2.24. The molecule has 0 radical (unpaired) electrons. The normalized spacial score (nSPS) is 10.8. The van der Waals surface area contributed by atoms with Crippen LogP contribution in [-0.2, 0) is 0 Å². The fourth-order valence-corrected chi connectivity index (χ4v) is 7.97. The lowest BCUT2D eigenvalue weighted by molar-refractivity contribution is 1.28. The molecule has 280 valence electrons. The van der Waals surface area contributed by atoms with Crippen molar-refractivity contribution in [2.45, 2.75) is 0 Å². The van der Waals surface area contributed by atoms with Gasteiger partial charge in [0.05, 0.1) is 0 Å². The third-order valence-electron chi connectivity index (χ3n) is 10.8. The summed E-state index contributed by atoms with van der Waals surface area (Å²) in [7, 11) is 0. The number of benzene rings is 9. The quantitative estimate of drug-likeness (QED) is 0.112. The van der Waals surface area contributed by atoms with Gasteiger partial charge in [0.15, 0.2) is 0 Å². The molecule has 9 aromatic carbocycles. The number of hydrogen-bond acceptors (Lipinski definition) is 2. The molecular formula is C56H41N3. The Morgan fingerprint density at radius 2 is 0.627 bits per heavy atom. The second kappa shape index (κ2) is 16.7. The van der Waals surface area contributed by atoms with Gasteiger partial charge in [0.25, 0.3) is 0 Å². The molecule has 3 nitrogen and oxygen atoms in total. The van der Waals surface area contributed by atoms with Crippen molar-refractivity contribution in [1.82, 2.24) is 0 Å². The van der Waals surface area contributed by atoms with E-state index >= 15 is 0 Å². The van der Waals surface area contributed by atoms with Crippen molar-refractivity contribution in [3.63, 3.8) is 0 Å². The first-order chi connectivity index (χ1) is 29.1. The van der Waals surface area contributed by atoms with Gasteiger partial charge in [0, 0.05) is 16.8 Å². The van der Waals surface area contributed by atoms with Crippen LogP contribution in [0.3, 0.4) is 0 Å². The standard InChI is InChI=1S/C56H41N3/c57-55(44-29-15-5-16-30-44)59(49-35-17-6-18-36-49)56(58)48-34-20-32-46(38-48)45-31-19-33-47(37-45)51-39-50(40-21-7-1-8-22-40)52(41-23-9-2-10-24-41)54(43-27-13-4-14-28-43)53(51)42-25-11-3-12-26-42/h1-39,57-58H. The van der Waals surface area contributed by atoms with Crippen LogP contribution in [0, 0.1) is 10.8 Å². The summed E-state index contributed by atoms with van der Waals surface area (Å²) in [6, 6.07) is 81.6. The van der Waals surface area contributed by atoms with Gasteiger partial charge in [0.1, 0.15) is 11.7 Å². The monoisotopic (exact) mass is 755 g/mol. The molecule has 0 aliphatic heterocycles. The van der Waals surface area contributed by atoms with Crippen molar-refractivity contribution < 1.29 is 0 Å². The zero-order valence-electron chi connectivity index (χ0n) is 32.5. The van der Waals surface area contributed by atoms with Gasteiger partial charge in [-0.25, -0.2) is 0 Å². The van der Waals surface area contributed by atoms with Gasteiger partial charge >= 0.3 is 0 Å². The number of nitrogens with zero attached hydrogens (tertiary/aromatic N) is 1.